The van der Waals surface area contributed by atoms with E-state index < -0.39 is 24.6 Å². The number of Topliss-reactive ketones (excluding diaryl/α,β-unsaturated/α-hetero) is 1. The van der Waals surface area contributed by atoms with E-state index in [-0.39, 0.29) is 11.7 Å². The molecule has 3 nitrogen and oxygen atoms in total. The summed E-state index contributed by atoms with van der Waals surface area (Å²) < 4.78 is 51.2. The fraction of sp³-hybridized carbons (Fsp3) is 0.667. The standard InChI is InChI=1S/C12H16F4N2O/c1-3-9(4-2)18-6-5-8(17-18)7-10(19)12(15,16)11(13)14/h5-6,9,11H,3-4,7H2,1-2H3. The van der Waals surface area contributed by atoms with Gasteiger partial charge < -0.3 is 0 Å². The first-order valence-corrected chi connectivity index (χ1v) is 6.06. The number of nitrogens with zero attached hydrogens (tertiary/aromatic N) is 2. The van der Waals surface area contributed by atoms with Gasteiger partial charge in [-0.05, 0) is 18.9 Å². The molecule has 0 amide bonds. The first kappa shape index (κ1) is 15.7. The molecule has 0 fully saturated rings. The number of carbonyl (C=O) groups is 1. The number of hydrogen-bond acceptors (Lipinski definition) is 2. The molecule has 0 aliphatic carbocycles. The predicted octanol–water partition coefficient (Wildman–Crippen LogP) is 3.26. The van der Waals surface area contributed by atoms with Gasteiger partial charge in [-0.25, -0.2) is 8.78 Å². The number of ketones is 1. The summed E-state index contributed by atoms with van der Waals surface area (Å²) in [5, 5.41) is 3.98. The lowest BCUT2D eigenvalue weighted by molar-refractivity contribution is -0.166. The molecule has 0 aliphatic heterocycles. The predicted molar refractivity (Wildman–Crippen MR) is 61.5 cm³/mol. The molecule has 7 heteroatoms. The number of aromatic nitrogens is 2. The maximum absolute atomic E-state index is 12.8. The Balaban J connectivity index is 2.76. The quantitative estimate of drug-likeness (QED) is 0.719. The van der Waals surface area contributed by atoms with Crippen LogP contribution in [-0.2, 0) is 11.2 Å². The summed E-state index contributed by atoms with van der Waals surface area (Å²) in [5.41, 5.74) is 0.0808. The van der Waals surface area contributed by atoms with Crippen molar-refractivity contribution in [3.05, 3.63) is 18.0 Å². The van der Waals surface area contributed by atoms with Gasteiger partial charge in [0.1, 0.15) is 0 Å². The van der Waals surface area contributed by atoms with Crippen molar-refractivity contribution in [2.45, 2.75) is 51.5 Å². The topological polar surface area (TPSA) is 34.9 Å². The fourth-order valence-electron chi connectivity index (χ4n) is 1.74. The van der Waals surface area contributed by atoms with Gasteiger partial charge in [-0.1, -0.05) is 13.8 Å². The third-order valence-corrected chi connectivity index (χ3v) is 2.97. The molecule has 0 unspecified atom stereocenters. The van der Waals surface area contributed by atoms with Crippen LogP contribution in [0, 0.1) is 0 Å². The summed E-state index contributed by atoms with van der Waals surface area (Å²) in [5.74, 6) is -6.42. The van der Waals surface area contributed by atoms with Crippen LogP contribution in [0.4, 0.5) is 17.6 Å². The van der Waals surface area contributed by atoms with Gasteiger partial charge in [0.05, 0.1) is 18.2 Å². The number of rotatable bonds is 7. The van der Waals surface area contributed by atoms with E-state index in [9.17, 15) is 22.4 Å². The minimum Gasteiger partial charge on any atom is -0.292 e. The van der Waals surface area contributed by atoms with E-state index >= 15 is 0 Å². The zero-order valence-electron chi connectivity index (χ0n) is 10.7. The average molecular weight is 280 g/mol. The van der Waals surface area contributed by atoms with Crippen molar-refractivity contribution in [1.29, 1.82) is 0 Å². The molecule has 0 atom stereocenters. The number of carbonyl (C=O) groups excluding carboxylic acids is 1. The van der Waals surface area contributed by atoms with Crippen molar-refractivity contribution in [2.75, 3.05) is 0 Å². The van der Waals surface area contributed by atoms with E-state index in [0.29, 0.717) is 0 Å². The van der Waals surface area contributed by atoms with Crippen LogP contribution in [-0.4, -0.2) is 27.9 Å². The van der Waals surface area contributed by atoms with Gasteiger partial charge in [0.2, 0.25) is 5.78 Å². The molecular formula is C12H16F4N2O. The van der Waals surface area contributed by atoms with Crippen LogP contribution in [0.15, 0.2) is 12.3 Å². The zero-order valence-corrected chi connectivity index (χ0v) is 10.7. The van der Waals surface area contributed by atoms with Gasteiger partial charge >= 0.3 is 12.3 Å². The molecule has 0 bridgehead atoms. The van der Waals surface area contributed by atoms with Crippen molar-refractivity contribution in [1.82, 2.24) is 9.78 Å². The lowest BCUT2D eigenvalue weighted by Crippen LogP contribution is -2.37. The second-order valence-electron chi connectivity index (χ2n) is 4.28. The van der Waals surface area contributed by atoms with Gasteiger partial charge in [0.25, 0.3) is 0 Å². The maximum atomic E-state index is 12.8. The van der Waals surface area contributed by atoms with Crippen LogP contribution >= 0.6 is 0 Å². The molecule has 108 valence electrons. The van der Waals surface area contributed by atoms with Gasteiger partial charge in [0, 0.05) is 6.20 Å². The normalized spacial score (nSPS) is 12.4. The highest BCUT2D eigenvalue weighted by atomic mass is 19.3. The third-order valence-electron chi connectivity index (χ3n) is 2.97. The molecule has 19 heavy (non-hydrogen) atoms. The Morgan fingerprint density at radius 3 is 2.42 bits per heavy atom. The van der Waals surface area contributed by atoms with Crippen LogP contribution < -0.4 is 0 Å². The number of alkyl halides is 4. The molecule has 1 aromatic heterocycles. The van der Waals surface area contributed by atoms with Crippen molar-refractivity contribution < 1.29 is 22.4 Å². The average Bonchev–Trinajstić information content (AvgIpc) is 2.79. The molecule has 0 saturated carbocycles. The van der Waals surface area contributed by atoms with E-state index in [4.69, 9.17) is 0 Å². The van der Waals surface area contributed by atoms with Crippen molar-refractivity contribution in [3.8, 4) is 0 Å². The SMILES string of the molecule is CCC(CC)n1ccc(CC(=O)C(F)(F)C(F)F)n1. The minimum atomic E-state index is -4.61. The summed E-state index contributed by atoms with van der Waals surface area (Å²) in [4.78, 5) is 11.1. The molecule has 0 aliphatic rings. The number of halogens is 4. The monoisotopic (exact) mass is 280 g/mol. The molecule has 1 heterocycles. The minimum absolute atomic E-state index is 0.0808. The van der Waals surface area contributed by atoms with E-state index in [0.717, 1.165) is 12.8 Å². The first-order chi connectivity index (χ1) is 8.82. The Morgan fingerprint density at radius 2 is 1.95 bits per heavy atom. The Kier molecular flexibility index (Phi) is 5.08. The smallest absolute Gasteiger partial charge is 0.292 e. The van der Waals surface area contributed by atoms with Crippen LogP contribution in [0.5, 0.6) is 0 Å². The van der Waals surface area contributed by atoms with Gasteiger partial charge in [-0.2, -0.15) is 13.9 Å². The van der Waals surface area contributed by atoms with Crippen LogP contribution in [0.25, 0.3) is 0 Å². The summed E-state index contributed by atoms with van der Waals surface area (Å²) in [6.45, 7) is 3.90. The maximum Gasteiger partial charge on any atom is 0.364 e. The van der Waals surface area contributed by atoms with E-state index in [1.807, 2.05) is 13.8 Å². The van der Waals surface area contributed by atoms with Crippen molar-refractivity contribution in [3.63, 3.8) is 0 Å². The second kappa shape index (κ2) is 6.16. The summed E-state index contributed by atoms with van der Waals surface area (Å²) in [6.07, 6.45) is -1.59. The molecule has 0 N–H and O–H groups in total. The summed E-state index contributed by atoms with van der Waals surface area (Å²) in [6, 6.07) is 1.51. The molecule has 1 rings (SSSR count). The Bertz CT molecular complexity index is 427. The second-order valence-corrected chi connectivity index (χ2v) is 4.28. The van der Waals surface area contributed by atoms with Gasteiger partial charge in [-0.15, -0.1) is 0 Å². The Morgan fingerprint density at radius 1 is 1.37 bits per heavy atom. The van der Waals surface area contributed by atoms with Crippen molar-refractivity contribution in [2.24, 2.45) is 0 Å². The molecule has 0 spiro atoms. The van der Waals surface area contributed by atoms with E-state index in [2.05, 4.69) is 5.10 Å². The van der Waals surface area contributed by atoms with Gasteiger partial charge in [-0.3, -0.25) is 9.48 Å². The summed E-state index contributed by atoms with van der Waals surface area (Å²) >= 11 is 0. The lowest BCUT2D eigenvalue weighted by Gasteiger charge is -2.13. The highest BCUT2D eigenvalue weighted by Crippen LogP contribution is 2.25. The van der Waals surface area contributed by atoms with Crippen LogP contribution in [0.2, 0.25) is 0 Å². The molecular weight excluding hydrogens is 264 g/mol. The van der Waals surface area contributed by atoms with Crippen LogP contribution in [0.1, 0.15) is 38.4 Å². The van der Waals surface area contributed by atoms with Gasteiger partial charge in [0.15, 0.2) is 0 Å². The third kappa shape index (κ3) is 3.54. The van der Waals surface area contributed by atoms with Crippen molar-refractivity contribution >= 4 is 5.78 Å². The fourth-order valence-corrected chi connectivity index (χ4v) is 1.74. The Labute approximate surface area is 108 Å². The number of hydrogen-bond donors (Lipinski definition) is 0. The highest BCUT2D eigenvalue weighted by molar-refractivity contribution is 5.87. The molecule has 0 aromatic carbocycles. The van der Waals surface area contributed by atoms with E-state index in [1.54, 1.807) is 10.9 Å². The molecule has 0 radical (unpaired) electrons. The largest absolute Gasteiger partial charge is 0.364 e. The summed E-state index contributed by atoms with van der Waals surface area (Å²) in [7, 11) is 0. The Hall–Kier alpha value is -1.40. The zero-order chi connectivity index (χ0) is 14.6. The molecule has 1 aromatic rings. The molecule has 0 saturated heterocycles. The van der Waals surface area contributed by atoms with Crippen LogP contribution in [0.3, 0.4) is 0 Å². The highest BCUT2D eigenvalue weighted by Gasteiger charge is 2.48. The van der Waals surface area contributed by atoms with E-state index in [1.165, 1.54) is 6.07 Å². The first-order valence-electron chi connectivity index (χ1n) is 6.06. The lowest BCUT2D eigenvalue weighted by atomic mass is 10.1.